The van der Waals surface area contributed by atoms with Crippen LogP contribution in [0.5, 0.6) is 5.75 Å². The number of ketones is 1. The number of nitrogens with zero attached hydrogens (tertiary/aromatic N) is 2. The van der Waals surface area contributed by atoms with Crippen LogP contribution in [0.3, 0.4) is 0 Å². The van der Waals surface area contributed by atoms with Crippen LogP contribution in [0.1, 0.15) is 48.9 Å². The number of aliphatic hydroxyl groups excluding tert-OH is 1. The van der Waals surface area contributed by atoms with E-state index < -0.39 is 17.7 Å². The second-order valence-corrected chi connectivity index (χ2v) is 8.32. The van der Waals surface area contributed by atoms with Gasteiger partial charge in [0.1, 0.15) is 11.5 Å². The van der Waals surface area contributed by atoms with E-state index in [0.29, 0.717) is 29.2 Å². The van der Waals surface area contributed by atoms with Gasteiger partial charge in [0.25, 0.3) is 11.7 Å². The summed E-state index contributed by atoms with van der Waals surface area (Å²) in [6.07, 6.45) is 6.42. The molecule has 174 valence electrons. The summed E-state index contributed by atoms with van der Waals surface area (Å²) >= 11 is 0. The Balaban J connectivity index is 1.75. The lowest BCUT2D eigenvalue weighted by Crippen LogP contribution is -2.30. The highest BCUT2D eigenvalue weighted by molar-refractivity contribution is 6.51. The Labute approximate surface area is 199 Å². The Hall–Kier alpha value is -3.93. The number of amides is 1. The molecule has 1 saturated heterocycles. The van der Waals surface area contributed by atoms with E-state index in [1.807, 2.05) is 25.1 Å². The van der Waals surface area contributed by atoms with Crippen molar-refractivity contribution in [1.82, 2.24) is 4.98 Å². The largest absolute Gasteiger partial charge is 0.507 e. The SMILES string of the molecule is CCCCCOc1ccc(/C(O)=C2\C(=O)C(=O)N(c3ccccc3C)C2c2ccncc2)cc1. The molecule has 0 aliphatic carbocycles. The Morgan fingerprint density at radius 2 is 1.71 bits per heavy atom. The summed E-state index contributed by atoms with van der Waals surface area (Å²) in [4.78, 5) is 32.0. The van der Waals surface area contributed by atoms with Gasteiger partial charge in [-0.1, -0.05) is 38.0 Å². The minimum Gasteiger partial charge on any atom is -0.507 e. The van der Waals surface area contributed by atoms with E-state index >= 15 is 0 Å². The van der Waals surface area contributed by atoms with Gasteiger partial charge in [-0.15, -0.1) is 0 Å². The van der Waals surface area contributed by atoms with Gasteiger partial charge in [0.05, 0.1) is 18.2 Å². The van der Waals surface area contributed by atoms with E-state index in [-0.39, 0.29) is 11.3 Å². The number of carbonyl (C=O) groups excluding carboxylic acids is 2. The fourth-order valence-corrected chi connectivity index (χ4v) is 4.18. The molecule has 1 aromatic heterocycles. The van der Waals surface area contributed by atoms with Crippen LogP contribution in [0.15, 0.2) is 78.6 Å². The maximum absolute atomic E-state index is 13.2. The number of rotatable bonds is 8. The number of hydrogen-bond donors (Lipinski definition) is 1. The summed E-state index contributed by atoms with van der Waals surface area (Å²) < 4.78 is 5.75. The number of aryl methyl sites for hydroxylation is 1. The molecule has 6 nitrogen and oxygen atoms in total. The average molecular weight is 457 g/mol. The Bertz CT molecular complexity index is 1200. The normalized spacial score (nSPS) is 17.2. The number of aliphatic hydroxyl groups is 1. The number of unbranched alkanes of at least 4 members (excludes halogenated alkanes) is 2. The van der Waals surface area contributed by atoms with Crippen LogP contribution >= 0.6 is 0 Å². The molecule has 0 spiro atoms. The van der Waals surface area contributed by atoms with Crippen molar-refractivity contribution < 1.29 is 19.4 Å². The number of carbonyl (C=O) groups is 2. The smallest absolute Gasteiger partial charge is 0.300 e. The van der Waals surface area contributed by atoms with E-state index in [1.165, 1.54) is 4.90 Å². The molecule has 1 amide bonds. The van der Waals surface area contributed by atoms with Crippen LogP contribution in [-0.4, -0.2) is 28.4 Å². The van der Waals surface area contributed by atoms with Crippen LogP contribution in [0.4, 0.5) is 5.69 Å². The molecule has 0 bridgehead atoms. The van der Waals surface area contributed by atoms with Crippen LogP contribution in [0.25, 0.3) is 5.76 Å². The number of anilines is 1. The number of ether oxygens (including phenoxy) is 1. The third-order valence-corrected chi connectivity index (χ3v) is 5.99. The van der Waals surface area contributed by atoms with Crippen LogP contribution in [0.2, 0.25) is 0 Å². The first-order chi connectivity index (χ1) is 16.5. The summed E-state index contributed by atoms with van der Waals surface area (Å²) in [7, 11) is 0. The Kier molecular flexibility index (Phi) is 7.07. The molecule has 1 fully saturated rings. The molecule has 0 saturated carbocycles. The number of benzene rings is 2. The van der Waals surface area contributed by atoms with Crippen molar-refractivity contribution in [3.8, 4) is 5.75 Å². The van der Waals surface area contributed by atoms with Crippen LogP contribution < -0.4 is 9.64 Å². The van der Waals surface area contributed by atoms with Crippen molar-refractivity contribution in [1.29, 1.82) is 0 Å². The van der Waals surface area contributed by atoms with Crippen molar-refractivity contribution in [3.63, 3.8) is 0 Å². The second-order valence-electron chi connectivity index (χ2n) is 8.32. The third-order valence-electron chi connectivity index (χ3n) is 5.99. The zero-order chi connectivity index (χ0) is 24.1. The number of Topliss-reactive ketones (excluding diaryl/α,β-unsaturated/α-hetero) is 1. The third kappa shape index (κ3) is 4.57. The van der Waals surface area contributed by atoms with Gasteiger partial charge < -0.3 is 9.84 Å². The molecular formula is C28H28N2O4. The lowest BCUT2D eigenvalue weighted by atomic mass is 9.95. The van der Waals surface area contributed by atoms with Gasteiger partial charge in [0.15, 0.2) is 0 Å². The topological polar surface area (TPSA) is 79.7 Å². The summed E-state index contributed by atoms with van der Waals surface area (Å²) in [5, 5.41) is 11.2. The quantitative estimate of drug-likeness (QED) is 0.207. The van der Waals surface area contributed by atoms with Crippen molar-refractivity contribution >= 4 is 23.1 Å². The zero-order valence-electron chi connectivity index (χ0n) is 19.4. The molecule has 1 N–H and O–H groups in total. The highest BCUT2D eigenvalue weighted by Crippen LogP contribution is 2.42. The fourth-order valence-electron chi connectivity index (χ4n) is 4.18. The highest BCUT2D eigenvalue weighted by Gasteiger charge is 2.47. The van der Waals surface area contributed by atoms with Crippen molar-refractivity contribution in [2.75, 3.05) is 11.5 Å². The van der Waals surface area contributed by atoms with Gasteiger partial charge in [-0.3, -0.25) is 19.5 Å². The summed E-state index contributed by atoms with van der Waals surface area (Å²) in [5.41, 5.74) is 2.67. The molecule has 1 aliphatic heterocycles. The van der Waals surface area contributed by atoms with Gasteiger partial charge in [0, 0.05) is 23.6 Å². The lowest BCUT2D eigenvalue weighted by molar-refractivity contribution is -0.132. The molecule has 4 rings (SSSR count). The van der Waals surface area contributed by atoms with Crippen LogP contribution in [0, 0.1) is 6.92 Å². The van der Waals surface area contributed by atoms with Gasteiger partial charge in [-0.25, -0.2) is 0 Å². The average Bonchev–Trinajstić information content (AvgIpc) is 3.13. The molecule has 2 heterocycles. The molecule has 3 aromatic rings. The second kappa shape index (κ2) is 10.3. The molecule has 1 aliphatic rings. The molecule has 1 unspecified atom stereocenters. The van der Waals surface area contributed by atoms with E-state index in [9.17, 15) is 14.7 Å². The molecule has 2 aromatic carbocycles. The monoisotopic (exact) mass is 456 g/mol. The lowest BCUT2D eigenvalue weighted by Gasteiger charge is -2.26. The first-order valence-electron chi connectivity index (χ1n) is 11.5. The minimum atomic E-state index is -0.769. The van der Waals surface area contributed by atoms with Crippen molar-refractivity contribution in [2.45, 2.75) is 39.2 Å². The fraction of sp³-hybridized carbons (Fsp3) is 0.250. The van der Waals surface area contributed by atoms with Gasteiger partial charge >= 0.3 is 0 Å². The maximum Gasteiger partial charge on any atom is 0.300 e. The summed E-state index contributed by atoms with van der Waals surface area (Å²) in [5.74, 6) is -0.913. The van der Waals surface area contributed by atoms with E-state index in [0.717, 1.165) is 24.8 Å². The molecular weight excluding hydrogens is 428 g/mol. The first-order valence-corrected chi connectivity index (χ1v) is 11.5. The molecule has 1 atom stereocenters. The predicted molar refractivity (Wildman–Crippen MR) is 132 cm³/mol. The number of para-hydroxylation sites is 1. The predicted octanol–water partition coefficient (Wildman–Crippen LogP) is 5.59. The number of pyridine rings is 1. The summed E-state index contributed by atoms with van der Waals surface area (Å²) in [6.45, 7) is 4.65. The van der Waals surface area contributed by atoms with Gasteiger partial charge in [0.2, 0.25) is 0 Å². The zero-order valence-corrected chi connectivity index (χ0v) is 19.4. The molecule has 6 heteroatoms. The van der Waals surface area contributed by atoms with Gasteiger partial charge in [-0.2, -0.15) is 0 Å². The van der Waals surface area contributed by atoms with E-state index in [4.69, 9.17) is 4.74 Å². The Morgan fingerprint density at radius 1 is 1.00 bits per heavy atom. The van der Waals surface area contributed by atoms with Gasteiger partial charge in [-0.05, 0) is 66.9 Å². The standard InChI is InChI=1S/C28H28N2O4/c1-3-4-7-18-34-22-12-10-21(11-13-22)26(31)24-25(20-14-16-29-17-15-20)30(28(33)27(24)32)23-9-6-5-8-19(23)2/h5-6,8-17,25,31H,3-4,7,18H2,1-2H3/b26-24+. The van der Waals surface area contributed by atoms with Crippen LogP contribution in [-0.2, 0) is 9.59 Å². The summed E-state index contributed by atoms with van der Waals surface area (Å²) in [6, 6.07) is 17.1. The molecule has 0 radical (unpaired) electrons. The van der Waals surface area contributed by atoms with E-state index in [1.54, 1.807) is 54.9 Å². The minimum absolute atomic E-state index is 0.0519. The highest BCUT2D eigenvalue weighted by atomic mass is 16.5. The maximum atomic E-state index is 13.2. The number of hydrogen-bond acceptors (Lipinski definition) is 5. The first kappa shape index (κ1) is 23.2. The Morgan fingerprint density at radius 3 is 2.38 bits per heavy atom. The molecule has 34 heavy (non-hydrogen) atoms. The van der Waals surface area contributed by atoms with E-state index in [2.05, 4.69) is 11.9 Å². The van der Waals surface area contributed by atoms with Crippen molar-refractivity contribution in [3.05, 3.63) is 95.3 Å². The van der Waals surface area contributed by atoms with Crippen molar-refractivity contribution in [2.24, 2.45) is 0 Å². The number of aromatic nitrogens is 1.